The predicted molar refractivity (Wildman–Crippen MR) is 76.7 cm³/mol. The highest BCUT2D eigenvalue weighted by molar-refractivity contribution is 7.99. The number of carbonyl (C=O) groups is 1. The number of nitrogens with one attached hydrogen (secondary N) is 1. The third kappa shape index (κ3) is 2.39. The minimum atomic E-state index is 0.0687. The van der Waals surface area contributed by atoms with Crippen molar-refractivity contribution in [3.05, 3.63) is 54.1 Å². The molecule has 94 valence electrons. The lowest BCUT2D eigenvalue weighted by Crippen LogP contribution is -1.94. The van der Waals surface area contributed by atoms with Gasteiger partial charge in [-0.15, -0.1) is 0 Å². The first-order valence-electron chi connectivity index (χ1n) is 5.96. The third-order valence-corrected chi connectivity index (χ3v) is 3.80. The molecule has 0 fully saturated rings. The lowest BCUT2D eigenvalue weighted by Gasteiger charge is -2.03. The molecular weight excluding hydrogens is 256 g/mol. The van der Waals surface area contributed by atoms with Crippen LogP contribution in [-0.2, 0) is 0 Å². The topological polar surface area (TPSA) is 45.8 Å². The maximum absolute atomic E-state index is 11.6. The van der Waals surface area contributed by atoms with Gasteiger partial charge >= 0.3 is 0 Å². The highest BCUT2D eigenvalue weighted by Gasteiger charge is 2.10. The molecule has 0 unspecified atom stereocenters. The molecule has 4 heteroatoms. The number of ketones is 1. The number of imidazole rings is 1. The zero-order chi connectivity index (χ0) is 13.2. The number of H-pyrrole nitrogens is 1. The summed E-state index contributed by atoms with van der Waals surface area (Å²) in [4.78, 5) is 20.3. The number of benzene rings is 2. The maximum atomic E-state index is 11.6. The van der Waals surface area contributed by atoms with Crippen molar-refractivity contribution in [1.29, 1.82) is 0 Å². The molecule has 2 aromatic carbocycles. The zero-order valence-electron chi connectivity index (χ0n) is 10.4. The highest BCUT2D eigenvalue weighted by Crippen LogP contribution is 2.30. The Morgan fingerprint density at radius 1 is 1.11 bits per heavy atom. The third-order valence-electron chi connectivity index (χ3n) is 2.84. The van der Waals surface area contributed by atoms with Crippen molar-refractivity contribution < 1.29 is 4.79 Å². The van der Waals surface area contributed by atoms with Crippen molar-refractivity contribution in [3.8, 4) is 0 Å². The molecule has 1 heterocycles. The molecule has 0 saturated carbocycles. The average molecular weight is 268 g/mol. The van der Waals surface area contributed by atoms with Crippen LogP contribution < -0.4 is 0 Å². The largest absolute Gasteiger partial charge is 0.333 e. The average Bonchev–Trinajstić information content (AvgIpc) is 2.81. The van der Waals surface area contributed by atoms with Gasteiger partial charge in [-0.2, -0.15) is 0 Å². The van der Waals surface area contributed by atoms with E-state index in [1.807, 2.05) is 48.5 Å². The zero-order valence-corrected chi connectivity index (χ0v) is 11.2. The van der Waals surface area contributed by atoms with Crippen LogP contribution in [0, 0.1) is 0 Å². The number of hydrogen-bond donors (Lipinski definition) is 1. The summed E-state index contributed by atoms with van der Waals surface area (Å²) >= 11 is 1.48. The summed E-state index contributed by atoms with van der Waals surface area (Å²) in [7, 11) is 0. The fourth-order valence-corrected chi connectivity index (χ4v) is 2.91. The van der Waals surface area contributed by atoms with E-state index in [0.717, 1.165) is 26.6 Å². The second-order valence-electron chi connectivity index (χ2n) is 4.21. The molecule has 0 atom stereocenters. The minimum Gasteiger partial charge on any atom is -0.333 e. The number of fused-ring (bicyclic) bond motifs is 1. The minimum absolute atomic E-state index is 0.0687. The number of carbonyl (C=O) groups excluding carboxylic acids is 1. The van der Waals surface area contributed by atoms with Crippen molar-refractivity contribution in [2.24, 2.45) is 0 Å². The quantitative estimate of drug-likeness (QED) is 0.732. The molecule has 3 rings (SSSR count). The molecule has 0 aliphatic rings. The summed E-state index contributed by atoms with van der Waals surface area (Å²) in [6.45, 7) is 1.58. The van der Waals surface area contributed by atoms with Crippen molar-refractivity contribution in [2.45, 2.75) is 17.0 Å². The normalized spacial score (nSPS) is 10.8. The molecule has 0 amide bonds. The van der Waals surface area contributed by atoms with Crippen LogP contribution in [0.1, 0.15) is 17.3 Å². The maximum Gasteiger partial charge on any atom is 0.171 e. The van der Waals surface area contributed by atoms with E-state index in [1.54, 1.807) is 6.92 Å². The lowest BCUT2D eigenvalue weighted by molar-refractivity contribution is 0.101. The number of para-hydroxylation sites is 2. The molecule has 0 saturated heterocycles. The van der Waals surface area contributed by atoms with Crippen molar-refractivity contribution in [3.63, 3.8) is 0 Å². The number of aromatic amines is 1. The molecule has 0 bridgehead atoms. The smallest absolute Gasteiger partial charge is 0.171 e. The van der Waals surface area contributed by atoms with E-state index >= 15 is 0 Å². The lowest BCUT2D eigenvalue weighted by atomic mass is 10.1. The van der Waals surface area contributed by atoms with Crippen LogP contribution in [0.5, 0.6) is 0 Å². The van der Waals surface area contributed by atoms with Crippen LogP contribution >= 0.6 is 11.8 Å². The fraction of sp³-hybridized carbons (Fsp3) is 0.0667. The Hall–Kier alpha value is -2.07. The molecule has 19 heavy (non-hydrogen) atoms. The van der Waals surface area contributed by atoms with E-state index in [2.05, 4.69) is 9.97 Å². The summed E-state index contributed by atoms with van der Waals surface area (Å²) < 4.78 is 0. The molecule has 0 spiro atoms. The first kappa shape index (κ1) is 12.0. The standard InChI is InChI=1S/C15H12N2OS/c1-10(18)11-6-2-5-9-14(11)19-15-16-12-7-3-4-8-13(12)17-15/h2-9H,1H3,(H,16,17). The number of nitrogens with zero attached hydrogens (tertiary/aromatic N) is 1. The van der Waals surface area contributed by atoms with Crippen molar-refractivity contribution in [1.82, 2.24) is 9.97 Å². The number of Topliss-reactive ketones (excluding diaryl/α,β-unsaturated/α-hetero) is 1. The summed E-state index contributed by atoms with van der Waals surface area (Å²) in [5, 5.41) is 0.801. The van der Waals surface area contributed by atoms with Crippen LogP contribution in [0.2, 0.25) is 0 Å². The van der Waals surface area contributed by atoms with Crippen LogP contribution in [0.15, 0.2) is 58.6 Å². The molecule has 3 aromatic rings. The molecule has 3 nitrogen and oxygen atoms in total. The first-order chi connectivity index (χ1) is 9.24. The fourth-order valence-electron chi connectivity index (χ4n) is 1.93. The van der Waals surface area contributed by atoms with Gasteiger partial charge in [0.25, 0.3) is 0 Å². The van der Waals surface area contributed by atoms with Gasteiger partial charge < -0.3 is 4.98 Å². The van der Waals surface area contributed by atoms with Crippen LogP contribution in [-0.4, -0.2) is 15.8 Å². The van der Waals surface area contributed by atoms with E-state index in [9.17, 15) is 4.79 Å². The summed E-state index contributed by atoms with van der Waals surface area (Å²) in [5.41, 5.74) is 2.67. The van der Waals surface area contributed by atoms with E-state index in [4.69, 9.17) is 0 Å². The monoisotopic (exact) mass is 268 g/mol. The second kappa shape index (κ2) is 4.90. The Labute approximate surface area is 115 Å². The number of aromatic nitrogens is 2. The van der Waals surface area contributed by atoms with Gasteiger partial charge in [0.15, 0.2) is 10.9 Å². The van der Waals surface area contributed by atoms with E-state index in [-0.39, 0.29) is 5.78 Å². The molecule has 0 radical (unpaired) electrons. The van der Waals surface area contributed by atoms with Crippen LogP contribution in [0.3, 0.4) is 0 Å². The predicted octanol–water partition coefficient (Wildman–Crippen LogP) is 3.92. The molecule has 1 aromatic heterocycles. The first-order valence-corrected chi connectivity index (χ1v) is 6.78. The van der Waals surface area contributed by atoms with Gasteiger partial charge in [-0.05, 0) is 25.1 Å². The Morgan fingerprint density at radius 3 is 2.63 bits per heavy atom. The van der Waals surface area contributed by atoms with Crippen molar-refractivity contribution in [2.75, 3.05) is 0 Å². The van der Waals surface area contributed by atoms with Gasteiger partial charge in [0, 0.05) is 10.5 Å². The van der Waals surface area contributed by atoms with Gasteiger partial charge in [-0.25, -0.2) is 4.98 Å². The Morgan fingerprint density at radius 2 is 1.84 bits per heavy atom. The Kier molecular flexibility index (Phi) is 3.09. The SMILES string of the molecule is CC(=O)c1ccccc1Sc1nc2ccccc2[nH]1. The van der Waals surface area contributed by atoms with E-state index in [1.165, 1.54) is 11.8 Å². The second-order valence-corrected chi connectivity index (χ2v) is 5.24. The number of hydrogen-bond acceptors (Lipinski definition) is 3. The summed E-state index contributed by atoms with van der Waals surface area (Å²) in [5.74, 6) is 0.0687. The van der Waals surface area contributed by atoms with E-state index in [0.29, 0.717) is 0 Å². The molecule has 0 aliphatic heterocycles. The van der Waals surface area contributed by atoms with Gasteiger partial charge in [0.05, 0.1) is 11.0 Å². The number of rotatable bonds is 3. The van der Waals surface area contributed by atoms with Crippen molar-refractivity contribution >= 4 is 28.6 Å². The Balaban J connectivity index is 1.99. The summed E-state index contributed by atoms with van der Waals surface area (Å²) in [6, 6.07) is 15.5. The molecular formula is C15H12N2OS. The Bertz CT molecular complexity index is 715. The molecule has 1 N–H and O–H groups in total. The summed E-state index contributed by atoms with van der Waals surface area (Å²) in [6.07, 6.45) is 0. The van der Waals surface area contributed by atoms with Gasteiger partial charge in [0.1, 0.15) is 0 Å². The van der Waals surface area contributed by atoms with Crippen LogP contribution in [0.4, 0.5) is 0 Å². The van der Waals surface area contributed by atoms with Crippen LogP contribution in [0.25, 0.3) is 11.0 Å². The highest BCUT2D eigenvalue weighted by atomic mass is 32.2. The van der Waals surface area contributed by atoms with Gasteiger partial charge in [-0.3, -0.25) is 4.79 Å². The molecule has 0 aliphatic carbocycles. The van der Waals surface area contributed by atoms with Gasteiger partial charge in [0.2, 0.25) is 0 Å². The van der Waals surface area contributed by atoms with E-state index < -0.39 is 0 Å². The van der Waals surface area contributed by atoms with Gasteiger partial charge in [-0.1, -0.05) is 42.1 Å².